The number of aliphatic hydroxyl groups excluding tert-OH is 1. The van der Waals surface area contributed by atoms with Crippen LogP contribution in [0, 0.1) is 5.82 Å². The maximum absolute atomic E-state index is 13.8. The number of nitrogens with zero attached hydrogens (tertiary/aromatic N) is 1. The van der Waals surface area contributed by atoms with Gasteiger partial charge in [-0.3, -0.25) is 0 Å². The van der Waals surface area contributed by atoms with Gasteiger partial charge in [0.1, 0.15) is 18.2 Å². The molecule has 0 radical (unpaired) electrons. The summed E-state index contributed by atoms with van der Waals surface area (Å²) >= 11 is 0. The summed E-state index contributed by atoms with van der Waals surface area (Å²) in [5.74, 6) is 0.500. The van der Waals surface area contributed by atoms with Crippen molar-refractivity contribution in [2.45, 2.75) is 13.2 Å². The van der Waals surface area contributed by atoms with E-state index in [-0.39, 0.29) is 12.4 Å². The van der Waals surface area contributed by atoms with Crippen molar-refractivity contribution in [3.05, 3.63) is 59.4 Å². The first-order valence-electron chi connectivity index (χ1n) is 6.63. The first-order valence-corrected chi connectivity index (χ1v) is 6.63. The second-order valence-electron chi connectivity index (χ2n) is 4.77. The molecule has 2 aromatic carbocycles. The van der Waals surface area contributed by atoms with Crippen molar-refractivity contribution in [1.82, 2.24) is 0 Å². The molecule has 0 fully saturated rings. The molecule has 0 saturated carbocycles. The van der Waals surface area contributed by atoms with Crippen LogP contribution in [0.4, 0.5) is 10.1 Å². The van der Waals surface area contributed by atoms with E-state index in [1.165, 1.54) is 6.07 Å². The van der Waals surface area contributed by atoms with Crippen LogP contribution in [0.2, 0.25) is 0 Å². The molecule has 4 heteroatoms. The van der Waals surface area contributed by atoms with Crippen LogP contribution < -0.4 is 9.64 Å². The molecule has 1 aliphatic rings. The fraction of sp³-hybridized carbons (Fsp3) is 0.250. The van der Waals surface area contributed by atoms with Gasteiger partial charge in [-0.05, 0) is 18.2 Å². The van der Waals surface area contributed by atoms with E-state index in [0.29, 0.717) is 25.3 Å². The van der Waals surface area contributed by atoms with Crippen LogP contribution in [-0.4, -0.2) is 18.3 Å². The topological polar surface area (TPSA) is 32.7 Å². The molecular formula is C16H16FNO2. The fourth-order valence-electron chi connectivity index (χ4n) is 2.53. The zero-order valence-electron chi connectivity index (χ0n) is 11.1. The molecule has 20 heavy (non-hydrogen) atoms. The van der Waals surface area contributed by atoms with Crippen molar-refractivity contribution in [3.63, 3.8) is 0 Å². The van der Waals surface area contributed by atoms with E-state index in [2.05, 4.69) is 0 Å². The minimum absolute atomic E-state index is 0.305. The van der Waals surface area contributed by atoms with E-state index < -0.39 is 0 Å². The van der Waals surface area contributed by atoms with Gasteiger partial charge < -0.3 is 14.7 Å². The number of fused-ring (bicyclic) bond motifs is 1. The highest BCUT2D eigenvalue weighted by Crippen LogP contribution is 2.29. The first kappa shape index (κ1) is 12.9. The van der Waals surface area contributed by atoms with Crippen LogP contribution in [0.15, 0.2) is 42.5 Å². The molecule has 3 nitrogen and oxygen atoms in total. The lowest BCUT2D eigenvalue weighted by atomic mass is 10.1. The minimum atomic E-state index is -0.372. The Hall–Kier alpha value is -2.07. The Morgan fingerprint density at radius 2 is 2.00 bits per heavy atom. The maximum atomic E-state index is 13.8. The van der Waals surface area contributed by atoms with Crippen molar-refractivity contribution in [3.8, 4) is 5.75 Å². The largest absolute Gasteiger partial charge is 0.491 e. The van der Waals surface area contributed by atoms with E-state index in [0.717, 1.165) is 17.0 Å². The van der Waals surface area contributed by atoms with E-state index in [9.17, 15) is 9.50 Å². The summed E-state index contributed by atoms with van der Waals surface area (Å²) in [7, 11) is 0. The summed E-state index contributed by atoms with van der Waals surface area (Å²) in [6.07, 6.45) is 0. The molecule has 0 saturated heterocycles. The highest BCUT2D eigenvalue weighted by atomic mass is 19.1. The molecular weight excluding hydrogens is 257 g/mol. The summed E-state index contributed by atoms with van der Waals surface area (Å²) in [6, 6.07) is 12.7. The lowest BCUT2D eigenvalue weighted by Crippen LogP contribution is -2.26. The Morgan fingerprint density at radius 1 is 1.15 bits per heavy atom. The van der Waals surface area contributed by atoms with E-state index in [1.807, 2.05) is 35.2 Å². The quantitative estimate of drug-likeness (QED) is 0.913. The van der Waals surface area contributed by atoms with Crippen molar-refractivity contribution >= 4 is 5.69 Å². The number of hydrogen-bond donors (Lipinski definition) is 1. The Labute approximate surface area is 117 Å². The van der Waals surface area contributed by atoms with Gasteiger partial charge in [-0.25, -0.2) is 4.39 Å². The highest BCUT2D eigenvalue weighted by molar-refractivity contribution is 5.55. The van der Waals surface area contributed by atoms with Crippen LogP contribution in [-0.2, 0) is 13.2 Å². The van der Waals surface area contributed by atoms with Crippen LogP contribution >= 0.6 is 0 Å². The molecule has 1 aliphatic heterocycles. The summed E-state index contributed by atoms with van der Waals surface area (Å²) in [5, 5.41) is 9.40. The van der Waals surface area contributed by atoms with Crippen LogP contribution in [0.25, 0.3) is 0 Å². The molecule has 0 atom stereocenters. The SMILES string of the molecule is OCc1c(F)cccc1N1CCOc2ccccc2C1. The number of ether oxygens (including phenoxy) is 1. The lowest BCUT2D eigenvalue weighted by molar-refractivity contribution is 0.275. The smallest absolute Gasteiger partial charge is 0.130 e. The van der Waals surface area contributed by atoms with Crippen molar-refractivity contribution in [1.29, 1.82) is 0 Å². The summed E-state index contributed by atoms with van der Waals surface area (Å²) in [5.41, 5.74) is 2.14. The van der Waals surface area contributed by atoms with Gasteiger partial charge in [-0.15, -0.1) is 0 Å². The Kier molecular flexibility index (Phi) is 3.56. The second kappa shape index (κ2) is 5.51. The molecule has 104 valence electrons. The van der Waals surface area contributed by atoms with Crippen LogP contribution in [0.1, 0.15) is 11.1 Å². The van der Waals surface area contributed by atoms with Crippen molar-refractivity contribution in [2.24, 2.45) is 0 Å². The average Bonchev–Trinajstić information content (AvgIpc) is 2.69. The average molecular weight is 273 g/mol. The number of aliphatic hydroxyl groups is 1. The number of rotatable bonds is 2. The Morgan fingerprint density at radius 3 is 2.85 bits per heavy atom. The molecule has 3 rings (SSSR count). The van der Waals surface area contributed by atoms with E-state index in [4.69, 9.17) is 4.74 Å². The molecule has 0 aliphatic carbocycles. The highest BCUT2D eigenvalue weighted by Gasteiger charge is 2.18. The molecule has 0 unspecified atom stereocenters. The maximum Gasteiger partial charge on any atom is 0.130 e. The van der Waals surface area contributed by atoms with Crippen molar-refractivity contribution in [2.75, 3.05) is 18.1 Å². The third-order valence-corrected chi connectivity index (χ3v) is 3.55. The van der Waals surface area contributed by atoms with Gasteiger partial charge in [0.15, 0.2) is 0 Å². The van der Waals surface area contributed by atoms with Crippen LogP contribution in [0.5, 0.6) is 5.75 Å². The zero-order valence-corrected chi connectivity index (χ0v) is 11.1. The molecule has 1 N–H and O–H groups in total. The Bertz CT molecular complexity index is 615. The van der Waals surface area contributed by atoms with Gasteiger partial charge >= 0.3 is 0 Å². The number of hydrogen-bond acceptors (Lipinski definition) is 3. The van der Waals surface area contributed by atoms with Gasteiger partial charge in [-0.1, -0.05) is 24.3 Å². The number of benzene rings is 2. The summed E-state index contributed by atoms with van der Waals surface area (Å²) in [4.78, 5) is 2.04. The molecule has 0 spiro atoms. The predicted octanol–water partition coefficient (Wildman–Crippen LogP) is 2.72. The van der Waals surface area contributed by atoms with E-state index in [1.54, 1.807) is 6.07 Å². The lowest BCUT2D eigenvalue weighted by Gasteiger charge is -2.24. The number of para-hydroxylation sites is 1. The van der Waals surface area contributed by atoms with Gasteiger partial charge in [0.05, 0.1) is 13.2 Å². The standard InChI is InChI=1S/C16H16FNO2/c17-14-5-3-6-15(13(14)11-19)18-8-9-20-16-7-2-1-4-12(16)10-18/h1-7,19H,8-11H2. The Balaban J connectivity index is 1.98. The van der Waals surface area contributed by atoms with Crippen molar-refractivity contribution < 1.29 is 14.2 Å². The normalized spacial score (nSPS) is 14.4. The van der Waals surface area contributed by atoms with Gasteiger partial charge in [0.2, 0.25) is 0 Å². The monoisotopic (exact) mass is 273 g/mol. The summed E-state index contributed by atoms with van der Waals surface area (Å²) < 4.78 is 19.5. The van der Waals surface area contributed by atoms with Gasteiger partial charge in [0.25, 0.3) is 0 Å². The molecule has 0 amide bonds. The van der Waals surface area contributed by atoms with Gasteiger partial charge in [-0.2, -0.15) is 0 Å². The van der Waals surface area contributed by atoms with Gasteiger partial charge in [0, 0.05) is 23.4 Å². The number of halogens is 1. The van der Waals surface area contributed by atoms with Crippen LogP contribution in [0.3, 0.4) is 0 Å². The predicted molar refractivity (Wildman–Crippen MR) is 75.3 cm³/mol. The van der Waals surface area contributed by atoms with E-state index >= 15 is 0 Å². The zero-order chi connectivity index (χ0) is 13.9. The summed E-state index contributed by atoms with van der Waals surface area (Å²) in [6.45, 7) is 1.54. The molecule has 1 heterocycles. The number of anilines is 1. The third kappa shape index (κ3) is 2.34. The second-order valence-corrected chi connectivity index (χ2v) is 4.77. The molecule has 0 bridgehead atoms. The minimum Gasteiger partial charge on any atom is -0.491 e. The first-order chi connectivity index (χ1) is 9.79. The third-order valence-electron chi connectivity index (χ3n) is 3.55. The molecule has 2 aromatic rings. The fourth-order valence-corrected chi connectivity index (χ4v) is 2.53. The molecule has 0 aromatic heterocycles.